The highest BCUT2D eigenvalue weighted by atomic mass is 16.5. The van der Waals surface area contributed by atoms with Crippen LogP contribution in [0.25, 0.3) is 0 Å². The topological polar surface area (TPSA) is 69.0 Å². The molecule has 0 saturated carbocycles. The van der Waals surface area contributed by atoms with Crippen LogP contribution in [0.3, 0.4) is 0 Å². The first-order valence-electron chi connectivity index (χ1n) is 7.70. The predicted molar refractivity (Wildman–Crippen MR) is 90.7 cm³/mol. The van der Waals surface area contributed by atoms with Crippen molar-refractivity contribution in [2.24, 2.45) is 0 Å². The molecule has 0 aliphatic heterocycles. The number of aromatic nitrogens is 3. The highest BCUT2D eigenvalue weighted by molar-refractivity contribution is 5.90. The van der Waals surface area contributed by atoms with E-state index in [0.29, 0.717) is 11.6 Å². The quantitative estimate of drug-likeness (QED) is 0.726. The molecule has 0 fully saturated rings. The molecule has 3 aromatic rings. The standard InChI is InChI=1S/C18H18N4O2/c23-18(14-24-16-4-2-1-3-5-16)20-17-9-13-22(21-17)12-8-15-6-10-19-11-7-15/h1-7,9-11,13H,8,12,14H2,(H,20,21,23). The van der Waals surface area contributed by atoms with Gasteiger partial charge in [-0.15, -0.1) is 0 Å². The lowest BCUT2D eigenvalue weighted by atomic mass is 10.2. The number of pyridine rings is 1. The van der Waals surface area contributed by atoms with E-state index in [1.807, 2.05) is 36.5 Å². The predicted octanol–water partition coefficient (Wildman–Crippen LogP) is 2.54. The van der Waals surface area contributed by atoms with E-state index < -0.39 is 0 Å². The average Bonchev–Trinajstić information content (AvgIpc) is 3.07. The van der Waals surface area contributed by atoms with Gasteiger partial charge in [-0.1, -0.05) is 18.2 Å². The van der Waals surface area contributed by atoms with Crippen LogP contribution in [0.5, 0.6) is 5.75 Å². The number of nitrogens with zero attached hydrogens (tertiary/aromatic N) is 3. The molecule has 3 rings (SSSR count). The fourth-order valence-corrected chi connectivity index (χ4v) is 2.19. The number of benzene rings is 1. The Morgan fingerprint density at radius 3 is 2.67 bits per heavy atom. The van der Waals surface area contributed by atoms with Gasteiger partial charge in [0.2, 0.25) is 0 Å². The fourth-order valence-electron chi connectivity index (χ4n) is 2.19. The molecular formula is C18H18N4O2. The van der Waals surface area contributed by atoms with Gasteiger partial charge in [-0.25, -0.2) is 0 Å². The Balaban J connectivity index is 1.46. The minimum Gasteiger partial charge on any atom is -0.484 e. The first-order valence-corrected chi connectivity index (χ1v) is 7.70. The second-order valence-corrected chi connectivity index (χ2v) is 5.22. The summed E-state index contributed by atoms with van der Waals surface area (Å²) in [5.74, 6) is 0.945. The van der Waals surface area contributed by atoms with E-state index in [1.54, 1.807) is 35.3 Å². The molecule has 1 amide bonds. The number of carbonyl (C=O) groups excluding carboxylic acids is 1. The van der Waals surface area contributed by atoms with Crippen molar-refractivity contribution in [1.29, 1.82) is 0 Å². The number of amides is 1. The molecule has 2 aromatic heterocycles. The molecule has 0 aliphatic rings. The zero-order chi connectivity index (χ0) is 16.6. The van der Waals surface area contributed by atoms with Crippen molar-refractivity contribution >= 4 is 11.7 Å². The number of anilines is 1. The van der Waals surface area contributed by atoms with E-state index in [4.69, 9.17) is 4.74 Å². The summed E-state index contributed by atoms with van der Waals surface area (Å²) in [6, 6.07) is 15.0. The van der Waals surface area contributed by atoms with Gasteiger partial charge in [0.05, 0.1) is 0 Å². The molecular weight excluding hydrogens is 304 g/mol. The minimum atomic E-state index is -0.238. The normalized spacial score (nSPS) is 10.3. The van der Waals surface area contributed by atoms with Gasteiger partial charge in [0.1, 0.15) is 5.75 Å². The summed E-state index contributed by atoms with van der Waals surface area (Å²) in [6.07, 6.45) is 6.25. The molecule has 122 valence electrons. The summed E-state index contributed by atoms with van der Waals surface area (Å²) < 4.78 is 7.20. The summed E-state index contributed by atoms with van der Waals surface area (Å²) in [5, 5.41) is 7.06. The van der Waals surface area contributed by atoms with Crippen molar-refractivity contribution in [3.63, 3.8) is 0 Å². The van der Waals surface area contributed by atoms with Crippen LogP contribution in [0.1, 0.15) is 5.56 Å². The van der Waals surface area contributed by atoms with Gasteiger partial charge in [-0.3, -0.25) is 14.5 Å². The third-order valence-corrected chi connectivity index (χ3v) is 3.40. The van der Waals surface area contributed by atoms with E-state index in [2.05, 4.69) is 15.4 Å². The molecule has 1 N–H and O–H groups in total. The summed E-state index contributed by atoms with van der Waals surface area (Å²) in [6.45, 7) is 0.689. The number of para-hydroxylation sites is 1. The lowest BCUT2D eigenvalue weighted by Crippen LogP contribution is -2.20. The van der Waals surface area contributed by atoms with Crippen LogP contribution in [-0.4, -0.2) is 27.3 Å². The Labute approximate surface area is 140 Å². The first kappa shape index (κ1) is 15.7. The third kappa shape index (κ3) is 4.67. The van der Waals surface area contributed by atoms with Crippen LogP contribution in [-0.2, 0) is 17.8 Å². The molecule has 0 saturated heterocycles. The Bertz CT molecular complexity index is 772. The van der Waals surface area contributed by atoms with Crippen molar-refractivity contribution in [3.05, 3.63) is 72.7 Å². The third-order valence-electron chi connectivity index (χ3n) is 3.40. The average molecular weight is 322 g/mol. The van der Waals surface area contributed by atoms with E-state index in [-0.39, 0.29) is 12.5 Å². The number of hydrogen-bond donors (Lipinski definition) is 1. The van der Waals surface area contributed by atoms with Crippen molar-refractivity contribution in [2.75, 3.05) is 11.9 Å². The second-order valence-electron chi connectivity index (χ2n) is 5.22. The maximum Gasteiger partial charge on any atom is 0.263 e. The van der Waals surface area contributed by atoms with Crippen LogP contribution in [0.4, 0.5) is 5.82 Å². The monoisotopic (exact) mass is 322 g/mol. The molecule has 0 radical (unpaired) electrons. The van der Waals surface area contributed by atoms with Crippen molar-refractivity contribution in [3.8, 4) is 5.75 Å². The van der Waals surface area contributed by atoms with Crippen molar-refractivity contribution < 1.29 is 9.53 Å². The smallest absolute Gasteiger partial charge is 0.263 e. The molecule has 0 bridgehead atoms. The molecule has 0 spiro atoms. The zero-order valence-corrected chi connectivity index (χ0v) is 13.1. The van der Waals surface area contributed by atoms with E-state index in [0.717, 1.165) is 13.0 Å². The van der Waals surface area contributed by atoms with Gasteiger partial charge < -0.3 is 10.1 Å². The first-order chi connectivity index (χ1) is 11.8. The second kappa shape index (κ2) is 7.92. The molecule has 6 heteroatoms. The molecule has 0 aliphatic carbocycles. The fraction of sp³-hybridized carbons (Fsp3) is 0.167. The van der Waals surface area contributed by atoms with Gasteiger partial charge in [0, 0.05) is 31.2 Å². The van der Waals surface area contributed by atoms with Crippen molar-refractivity contribution in [1.82, 2.24) is 14.8 Å². The van der Waals surface area contributed by atoms with Crippen LogP contribution in [0.15, 0.2) is 67.1 Å². The molecule has 0 unspecified atom stereocenters. The zero-order valence-electron chi connectivity index (χ0n) is 13.1. The molecule has 24 heavy (non-hydrogen) atoms. The lowest BCUT2D eigenvalue weighted by Gasteiger charge is -2.05. The number of rotatable bonds is 7. The number of aryl methyl sites for hydroxylation is 2. The Morgan fingerprint density at radius 1 is 1.08 bits per heavy atom. The van der Waals surface area contributed by atoms with Crippen LogP contribution in [0, 0.1) is 0 Å². The Kier molecular flexibility index (Phi) is 5.19. The maximum absolute atomic E-state index is 11.9. The molecule has 1 aromatic carbocycles. The van der Waals surface area contributed by atoms with E-state index in [1.165, 1.54) is 5.56 Å². The minimum absolute atomic E-state index is 0.0477. The summed E-state index contributed by atoms with van der Waals surface area (Å²) in [5.41, 5.74) is 1.20. The number of carbonyl (C=O) groups is 1. The highest BCUT2D eigenvalue weighted by Gasteiger charge is 2.06. The lowest BCUT2D eigenvalue weighted by molar-refractivity contribution is -0.118. The van der Waals surface area contributed by atoms with E-state index >= 15 is 0 Å². The van der Waals surface area contributed by atoms with Crippen LogP contribution >= 0.6 is 0 Å². The maximum atomic E-state index is 11.9. The highest BCUT2D eigenvalue weighted by Crippen LogP contribution is 2.09. The van der Waals surface area contributed by atoms with Gasteiger partial charge in [-0.2, -0.15) is 5.10 Å². The van der Waals surface area contributed by atoms with E-state index in [9.17, 15) is 4.79 Å². The SMILES string of the molecule is O=C(COc1ccccc1)Nc1ccn(CCc2ccncc2)n1. The number of ether oxygens (including phenoxy) is 1. The largest absolute Gasteiger partial charge is 0.484 e. The van der Waals surface area contributed by atoms with Crippen molar-refractivity contribution in [2.45, 2.75) is 13.0 Å². The van der Waals surface area contributed by atoms with Gasteiger partial charge >= 0.3 is 0 Å². The molecule has 0 atom stereocenters. The van der Waals surface area contributed by atoms with Gasteiger partial charge in [0.15, 0.2) is 12.4 Å². The van der Waals surface area contributed by atoms with Crippen LogP contribution in [0.2, 0.25) is 0 Å². The summed E-state index contributed by atoms with van der Waals surface area (Å²) in [4.78, 5) is 15.9. The molecule has 6 nitrogen and oxygen atoms in total. The van der Waals surface area contributed by atoms with Crippen LogP contribution < -0.4 is 10.1 Å². The van der Waals surface area contributed by atoms with Gasteiger partial charge in [-0.05, 0) is 36.2 Å². The van der Waals surface area contributed by atoms with Gasteiger partial charge in [0.25, 0.3) is 5.91 Å². The Morgan fingerprint density at radius 2 is 1.88 bits per heavy atom. The Hall–Kier alpha value is -3.15. The number of nitrogens with one attached hydrogen (secondary N) is 1. The summed E-state index contributed by atoms with van der Waals surface area (Å²) in [7, 11) is 0. The molecule has 2 heterocycles. The summed E-state index contributed by atoms with van der Waals surface area (Å²) >= 11 is 0. The number of hydrogen-bond acceptors (Lipinski definition) is 4.